The Kier molecular flexibility index (Phi) is 5.99. The molecule has 2 aromatic rings. The van der Waals surface area contributed by atoms with E-state index in [0.717, 1.165) is 36.3 Å². The molecule has 0 N–H and O–H groups in total. The lowest BCUT2D eigenvalue weighted by Gasteiger charge is -2.26. The van der Waals surface area contributed by atoms with Gasteiger partial charge in [0.05, 0.1) is 4.90 Å². The number of benzene rings is 2. The molecular formula is C22H26N2O3S2. The summed E-state index contributed by atoms with van der Waals surface area (Å²) in [5.74, 6) is 0.890. The minimum Gasteiger partial charge on any atom is -0.308 e. The molecule has 7 heteroatoms. The van der Waals surface area contributed by atoms with Gasteiger partial charge in [0.25, 0.3) is 5.91 Å². The van der Waals surface area contributed by atoms with Crippen LogP contribution in [0.15, 0.2) is 47.4 Å². The van der Waals surface area contributed by atoms with Crippen LogP contribution in [0.2, 0.25) is 0 Å². The van der Waals surface area contributed by atoms with Crippen LogP contribution < -0.4 is 4.90 Å². The highest BCUT2D eigenvalue weighted by Gasteiger charge is 2.30. The van der Waals surface area contributed by atoms with E-state index in [9.17, 15) is 13.2 Å². The number of hydrogen-bond donors (Lipinski definition) is 0. The zero-order valence-electron chi connectivity index (χ0n) is 16.6. The van der Waals surface area contributed by atoms with Gasteiger partial charge in [-0.05, 0) is 67.0 Å². The summed E-state index contributed by atoms with van der Waals surface area (Å²) >= 11 is 1.75. The van der Waals surface area contributed by atoms with E-state index in [1.165, 1.54) is 5.56 Å². The number of amides is 1. The standard InChI is InChI=1S/C22H26N2O3S2/c1-28-16-17-5-7-18(8-6-17)22(25)24-14-11-19-15-20(9-10-21(19)24)29(26,27)23-12-3-2-4-13-23/h5-10,15H,2-4,11-14,16H2,1H3. The van der Waals surface area contributed by atoms with Gasteiger partial charge in [0.1, 0.15) is 0 Å². The van der Waals surface area contributed by atoms with E-state index < -0.39 is 10.0 Å². The smallest absolute Gasteiger partial charge is 0.258 e. The molecule has 0 unspecified atom stereocenters. The molecule has 1 amide bonds. The molecule has 2 heterocycles. The molecule has 0 aliphatic carbocycles. The van der Waals surface area contributed by atoms with Gasteiger partial charge in [0, 0.05) is 36.6 Å². The van der Waals surface area contributed by atoms with Crippen LogP contribution in [-0.2, 0) is 22.2 Å². The van der Waals surface area contributed by atoms with Crippen LogP contribution >= 0.6 is 11.8 Å². The van der Waals surface area contributed by atoms with Crippen LogP contribution in [0.4, 0.5) is 5.69 Å². The van der Waals surface area contributed by atoms with Gasteiger partial charge in [-0.2, -0.15) is 16.1 Å². The van der Waals surface area contributed by atoms with Gasteiger partial charge in [0.15, 0.2) is 0 Å². The van der Waals surface area contributed by atoms with Crippen LogP contribution in [0.25, 0.3) is 0 Å². The number of carbonyl (C=O) groups is 1. The number of thioether (sulfide) groups is 1. The van der Waals surface area contributed by atoms with Crippen LogP contribution in [0, 0.1) is 0 Å². The lowest BCUT2D eigenvalue weighted by atomic mass is 10.1. The van der Waals surface area contributed by atoms with Crippen molar-refractivity contribution in [3.05, 3.63) is 59.2 Å². The third kappa shape index (κ3) is 4.09. The Morgan fingerprint density at radius 1 is 1.00 bits per heavy atom. The lowest BCUT2D eigenvalue weighted by Crippen LogP contribution is -2.35. The van der Waals surface area contributed by atoms with Crippen LogP contribution in [0.3, 0.4) is 0 Å². The number of fused-ring (bicyclic) bond motifs is 1. The topological polar surface area (TPSA) is 57.7 Å². The molecule has 0 radical (unpaired) electrons. The summed E-state index contributed by atoms with van der Waals surface area (Å²) in [6.45, 7) is 1.76. The normalized spacial score (nSPS) is 17.3. The lowest BCUT2D eigenvalue weighted by molar-refractivity contribution is 0.0989. The fourth-order valence-corrected chi connectivity index (χ4v) is 6.16. The highest BCUT2D eigenvalue weighted by molar-refractivity contribution is 7.97. The minimum absolute atomic E-state index is 0.0360. The van der Waals surface area contributed by atoms with Gasteiger partial charge < -0.3 is 4.90 Å². The third-order valence-electron chi connectivity index (χ3n) is 5.66. The second kappa shape index (κ2) is 8.50. The van der Waals surface area contributed by atoms with Gasteiger partial charge in [-0.1, -0.05) is 18.6 Å². The van der Waals surface area contributed by atoms with Crippen molar-refractivity contribution in [2.24, 2.45) is 0 Å². The first kappa shape index (κ1) is 20.4. The molecule has 0 aromatic heterocycles. The fraction of sp³-hybridized carbons (Fsp3) is 0.409. The molecule has 2 aliphatic heterocycles. The minimum atomic E-state index is -3.46. The highest BCUT2D eigenvalue weighted by atomic mass is 32.2. The molecular weight excluding hydrogens is 404 g/mol. The van der Waals surface area contributed by atoms with Crippen LogP contribution in [-0.4, -0.2) is 44.5 Å². The second-order valence-electron chi connectivity index (χ2n) is 7.59. The van der Waals surface area contributed by atoms with Gasteiger partial charge >= 0.3 is 0 Å². The van der Waals surface area contributed by atoms with Crippen LogP contribution in [0.5, 0.6) is 0 Å². The van der Waals surface area contributed by atoms with E-state index in [2.05, 4.69) is 6.26 Å². The predicted octanol–water partition coefficient (Wildman–Crippen LogP) is 3.93. The van der Waals surface area contributed by atoms with Crippen molar-refractivity contribution >= 4 is 33.4 Å². The first-order chi connectivity index (χ1) is 14.0. The van der Waals surface area contributed by atoms with E-state index in [0.29, 0.717) is 36.5 Å². The van der Waals surface area contributed by atoms with E-state index in [1.807, 2.05) is 24.3 Å². The molecule has 5 nitrogen and oxygen atoms in total. The molecule has 29 heavy (non-hydrogen) atoms. The second-order valence-corrected chi connectivity index (χ2v) is 10.4. The molecule has 0 bridgehead atoms. The van der Waals surface area contributed by atoms with Crippen molar-refractivity contribution in [1.82, 2.24) is 4.31 Å². The number of sulfonamides is 1. The summed E-state index contributed by atoms with van der Waals surface area (Å²) in [5, 5.41) is 0. The average Bonchev–Trinajstić information content (AvgIpc) is 3.18. The zero-order chi connectivity index (χ0) is 20.4. The SMILES string of the molecule is CSCc1ccc(C(=O)N2CCc3cc(S(=O)(=O)N4CCCCC4)ccc32)cc1. The molecule has 2 aromatic carbocycles. The molecule has 1 saturated heterocycles. The summed E-state index contributed by atoms with van der Waals surface area (Å²) in [4.78, 5) is 15.1. The van der Waals surface area contributed by atoms with Crippen molar-refractivity contribution in [1.29, 1.82) is 0 Å². The molecule has 4 rings (SSSR count). The van der Waals surface area contributed by atoms with Crippen molar-refractivity contribution in [2.45, 2.75) is 36.3 Å². The summed E-state index contributed by atoms with van der Waals surface area (Å²) in [6, 6.07) is 12.9. The van der Waals surface area contributed by atoms with Crippen molar-refractivity contribution in [3.63, 3.8) is 0 Å². The Hall–Kier alpha value is -1.83. The Labute approximate surface area is 177 Å². The summed E-state index contributed by atoms with van der Waals surface area (Å²) in [7, 11) is -3.46. The largest absolute Gasteiger partial charge is 0.308 e. The third-order valence-corrected chi connectivity index (χ3v) is 8.17. The zero-order valence-corrected chi connectivity index (χ0v) is 18.3. The molecule has 0 atom stereocenters. The maximum Gasteiger partial charge on any atom is 0.258 e. The first-order valence-electron chi connectivity index (χ1n) is 10.0. The maximum atomic E-state index is 13.0. The fourth-order valence-electron chi connectivity index (χ4n) is 4.07. The van der Waals surface area contributed by atoms with Crippen molar-refractivity contribution in [3.8, 4) is 0 Å². The monoisotopic (exact) mass is 430 g/mol. The van der Waals surface area contributed by atoms with E-state index >= 15 is 0 Å². The number of hydrogen-bond acceptors (Lipinski definition) is 4. The molecule has 2 aliphatic rings. The van der Waals surface area contributed by atoms with Gasteiger partial charge in [-0.3, -0.25) is 4.79 Å². The number of piperidine rings is 1. The number of carbonyl (C=O) groups excluding carboxylic acids is 1. The van der Waals surface area contributed by atoms with Gasteiger partial charge in [0.2, 0.25) is 10.0 Å². The van der Waals surface area contributed by atoms with Gasteiger partial charge in [-0.25, -0.2) is 8.42 Å². The first-order valence-corrected chi connectivity index (χ1v) is 12.9. The number of anilines is 1. The maximum absolute atomic E-state index is 13.0. The number of rotatable bonds is 5. The predicted molar refractivity (Wildman–Crippen MR) is 118 cm³/mol. The number of nitrogens with zero attached hydrogens (tertiary/aromatic N) is 2. The van der Waals surface area contributed by atoms with E-state index in [1.54, 1.807) is 39.2 Å². The molecule has 0 saturated carbocycles. The summed E-state index contributed by atoms with van der Waals surface area (Å²) < 4.78 is 27.5. The van der Waals surface area contributed by atoms with Crippen molar-refractivity contribution < 1.29 is 13.2 Å². The van der Waals surface area contributed by atoms with Crippen LogP contribution in [0.1, 0.15) is 40.7 Å². The Morgan fingerprint density at radius 2 is 1.72 bits per heavy atom. The van der Waals surface area contributed by atoms with Crippen molar-refractivity contribution in [2.75, 3.05) is 30.8 Å². The molecule has 1 fully saturated rings. The Bertz CT molecular complexity index is 997. The summed E-state index contributed by atoms with van der Waals surface area (Å²) in [5.41, 5.74) is 3.60. The molecule has 0 spiro atoms. The Morgan fingerprint density at radius 3 is 2.41 bits per heavy atom. The summed E-state index contributed by atoms with van der Waals surface area (Å²) in [6.07, 6.45) is 5.66. The molecule has 154 valence electrons. The van der Waals surface area contributed by atoms with E-state index in [-0.39, 0.29) is 5.91 Å². The highest BCUT2D eigenvalue weighted by Crippen LogP contribution is 2.32. The quantitative estimate of drug-likeness (QED) is 0.721. The average molecular weight is 431 g/mol. The van der Waals surface area contributed by atoms with Gasteiger partial charge in [-0.15, -0.1) is 0 Å². The van der Waals surface area contributed by atoms with E-state index in [4.69, 9.17) is 0 Å². The Balaban J connectivity index is 1.56.